The molecule has 2 aliphatic heterocycles. The largest absolute Gasteiger partial charge is 0.494 e. The fourth-order valence-electron chi connectivity index (χ4n) is 7.65. The number of ether oxygens (including phenoxy) is 2. The Morgan fingerprint density at radius 3 is 2.55 bits per heavy atom. The van der Waals surface area contributed by atoms with Gasteiger partial charge in [0.25, 0.3) is 11.9 Å². The summed E-state index contributed by atoms with van der Waals surface area (Å²) < 4.78 is 41.8. The topological polar surface area (TPSA) is 161 Å². The van der Waals surface area contributed by atoms with Crippen LogP contribution in [-0.4, -0.2) is 82.7 Å². The van der Waals surface area contributed by atoms with Crippen LogP contribution in [0.5, 0.6) is 11.8 Å². The van der Waals surface area contributed by atoms with Gasteiger partial charge < -0.3 is 25.0 Å². The number of nitrogens with zero attached hydrogens (tertiary/aromatic N) is 3. The molecule has 0 radical (unpaired) electrons. The van der Waals surface area contributed by atoms with Gasteiger partial charge in [0.05, 0.1) is 23.9 Å². The van der Waals surface area contributed by atoms with E-state index in [1.165, 1.54) is 0 Å². The molecule has 14 heteroatoms. The Labute approximate surface area is 310 Å². The number of benzene rings is 2. The highest BCUT2D eigenvalue weighted by Crippen LogP contribution is 2.47. The number of allylic oxidation sites excluding steroid dienone is 1. The predicted molar refractivity (Wildman–Crippen MR) is 201 cm³/mol. The van der Waals surface area contributed by atoms with E-state index in [-0.39, 0.29) is 37.3 Å². The standard InChI is InChI=1S/C39H50N6O7S/c1-25(2)45-30-18-13-19-32(51-4)33(30)41-37(45)52-28-22-31-34(46)42-39(36(48)43-53(49,50)38(3)20-21-38)23-26(39)14-9-6-5-7-12-17-29(35(47)44(31)24-28)40-27-15-10-8-11-16-27/h8-11,13-16,18-19,25-26,28-29,31,40H,5-7,12,17,20-24H2,1-4H3,(H,42,46)(H,43,48)/t26-,28-,29+,31+,39-/m1/s1. The number of carbonyl (C=O) groups excluding carboxylic acids is 3. The normalized spacial score (nSPS) is 27.2. The minimum atomic E-state index is -3.95. The molecule has 3 heterocycles. The molecule has 4 aliphatic rings. The third-order valence-corrected chi connectivity index (χ3v) is 13.4. The van der Waals surface area contributed by atoms with Crippen LogP contribution in [0.25, 0.3) is 11.0 Å². The molecular weight excluding hydrogens is 697 g/mol. The molecular formula is C39H50N6O7S. The first-order chi connectivity index (χ1) is 25.4. The molecule has 13 nitrogen and oxygen atoms in total. The van der Waals surface area contributed by atoms with Gasteiger partial charge >= 0.3 is 0 Å². The molecule has 3 N–H and O–H groups in total. The number of para-hydroxylation sites is 2. The SMILES string of the molecule is COc1cccc2c1nc(O[C@@H]1C[C@H]3C(=O)N[C@]4(C(=O)NS(=O)(=O)C5(C)CC5)C[C@H]4C=CCCCCC[C@H](Nc4ccccc4)C(=O)N3C1)n2C(C)C. The summed E-state index contributed by atoms with van der Waals surface area (Å²) in [5.74, 6) is -1.31. The van der Waals surface area contributed by atoms with Crippen LogP contribution in [-0.2, 0) is 24.4 Å². The van der Waals surface area contributed by atoms with E-state index in [1.54, 1.807) is 18.9 Å². The van der Waals surface area contributed by atoms with E-state index in [4.69, 9.17) is 14.5 Å². The van der Waals surface area contributed by atoms with Crippen molar-refractivity contribution < 1.29 is 32.3 Å². The molecule has 5 atom stereocenters. The highest BCUT2D eigenvalue weighted by molar-refractivity contribution is 7.91. The van der Waals surface area contributed by atoms with Gasteiger partial charge in [-0.05, 0) is 83.6 Å². The van der Waals surface area contributed by atoms with Gasteiger partial charge in [-0.2, -0.15) is 4.98 Å². The van der Waals surface area contributed by atoms with Crippen molar-refractivity contribution in [2.75, 3.05) is 19.0 Å². The summed E-state index contributed by atoms with van der Waals surface area (Å²) in [5, 5.41) is 6.38. The maximum Gasteiger partial charge on any atom is 0.298 e. The number of nitrogens with one attached hydrogen (secondary N) is 3. The summed E-state index contributed by atoms with van der Waals surface area (Å²) in [6.45, 7) is 5.78. The van der Waals surface area contributed by atoms with Crippen LogP contribution in [0.15, 0.2) is 60.7 Å². The summed E-state index contributed by atoms with van der Waals surface area (Å²) in [4.78, 5) is 49.4. The van der Waals surface area contributed by atoms with Crippen LogP contribution in [0.4, 0.5) is 5.69 Å². The maximum absolute atomic E-state index is 14.6. The number of methoxy groups -OCH3 is 1. The zero-order chi connectivity index (χ0) is 37.5. The van der Waals surface area contributed by atoms with Gasteiger partial charge in [0, 0.05) is 24.1 Å². The number of hydrogen-bond acceptors (Lipinski definition) is 9. The summed E-state index contributed by atoms with van der Waals surface area (Å²) in [6, 6.07) is 13.9. The summed E-state index contributed by atoms with van der Waals surface area (Å²) in [5.41, 5.74) is 0.812. The quantitative estimate of drug-likeness (QED) is 0.260. The zero-order valence-corrected chi connectivity index (χ0v) is 31.7. The summed E-state index contributed by atoms with van der Waals surface area (Å²) in [7, 11) is -2.36. The second kappa shape index (κ2) is 14.3. The third kappa shape index (κ3) is 7.21. The Kier molecular flexibility index (Phi) is 9.94. The first-order valence-electron chi connectivity index (χ1n) is 18.7. The average molecular weight is 747 g/mol. The zero-order valence-electron chi connectivity index (χ0n) is 30.8. The number of rotatable bonds is 9. The molecule has 3 aromatic rings. The van der Waals surface area contributed by atoms with E-state index >= 15 is 0 Å². The molecule has 284 valence electrons. The average Bonchev–Trinajstić information content (AvgIpc) is 3.95. The Morgan fingerprint density at radius 2 is 1.83 bits per heavy atom. The van der Waals surface area contributed by atoms with Gasteiger partial charge in [-0.15, -0.1) is 0 Å². The number of anilines is 1. The molecule has 0 spiro atoms. The molecule has 0 unspecified atom stereocenters. The second-order valence-corrected chi connectivity index (χ2v) is 17.6. The Bertz CT molecular complexity index is 2010. The molecule has 0 bridgehead atoms. The lowest BCUT2D eigenvalue weighted by Crippen LogP contribution is -2.58. The van der Waals surface area contributed by atoms with Gasteiger partial charge in [-0.3, -0.25) is 23.7 Å². The van der Waals surface area contributed by atoms with Crippen LogP contribution in [0.3, 0.4) is 0 Å². The van der Waals surface area contributed by atoms with Gasteiger partial charge in [0.15, 0.2) is 0 Å². The number of carbonyl (C=O) groups is 3. The fraction of sp³-hybridized carbons (Fsp3) is 0.538. The van der Waals surface area contributed by atoms with Crippen LogP contribution in [0, 0.1) is 5.92 Å². The first-order valence-corrected chi connectivity index (χ1v) is 20.2. The van der Waals surface area contributed by atoms with Crippen molar-refractivity contribution in [1.82, 2.24) is 24.5 Å². The van der Waals surface area contributed by atoms with Crippen molar-refractivity contribution in [2.24, 2.45) is 5.92 Å². The fourth-order valence-corrected chi connectivity index (χ4v) is 8.96. The van der Waals surface area contributed by atoms with Crippen molar-refractivity contribution in [3.05, 3.63) is 60.7 Å². The van der Waals surface area contributed by atoms with Crippen molar-refractivity contribution >= 4 is 44.5 Å². The summed E-state index contributed by atoms with van der Waals surface area (Å²) >= 11 is 0. The van der Waals surface area contributed by atoms with Gasteiger partial charge in [0.2, 0.25) is 21.8 Å². The van der Waals surface area contributed by atoms with Crippen molar-refractivity contribution in [3.63, 3.8) is 0 Å². The molecule has 1 saturated heterocycles. The lowest BCUT2D eigenvalue weighted by atomic mass is 10.0. The second-order valence-electron chi connectivity index (χ2n) is 15.5. The van der Waals surface area contributed by atoms with E-state index in [2.05, 4.69) is 15.4 Å². The highest BCUT2D eigenvalue weighted by Gasteiger charge is 2.63. The molecule has 1 aromatic heterocycles. The van der Waals surface area contributed by atoms with E-state index < -0.39 is 50.3 Å². The smallest absolute Gasteiger partial charge is 0.298 e. The number of fused-ring (bicyclic) bond motifs is 3. The number of hydrogen-bond donors (Lipinski definition) is 3. The molecule has 3 amide bonds. The van der Waals surface area contributed by atoms with Crippen LogP contribution < -0.4 is 24.8 Å². The Hall–Kier alpha value is -4.59. The third-order valence-electron chi connectivity index (χ3n) is 11.2. The van der Waals surface area contributed by atoms with E-state index in [0.29, 0.717) is 36.5 Å². The van der Waals surface area contributed by atoms with Crippen LogP contribution in [0.2, 0.25) is 0 Å². The Morgan fingerprint density at radius 1 is 1.06 bits per heavy atom. The first kappa shape index (κ1) is 36.8. The van der Waals surface area contributed by atoms with Crippen LogP contribution >= 0.6 is 0 Å². The highest BCUT2D eigenvalue weighted by atomic mass is 32.2. The monoisotopic (exact) mass is 746 g/mol. The maximum atomic E-state index is 14.6. The number of amides is 3. The molecule has 2 saturated carbocycles. The van der Waals surface area contributed by atoms with E-state index in [1.807, 2.05) is 79.1 Å². The van der Waals surface area contributed by atoms with Crippen LogP contribution in [0.1, 0.15) is 84.6 Å². The van der Waals surface area contributed by atoms with E-state index in [9.17, 15) is 22.8 Å². The molecule has 7 rings (SSSR count). The molecule has 2 aliphatic carbocycles. The number of sulfonamides is 1. The molecule has 53 heavy (non-hydrogen) atoms. The lowest BCUT2D eigenvalue weighted by molar-refractivity contribution is -0.140. The van der Waals surface area contributed by atoms with E-state index in [0.717, 1.165) is 36.9 Å². The van der Waals surface area contributed by atoms with Gasteiger partial charge in [-0.25, -0.2) is 8.42 Å². The number of aromatic nitrogens is 2. The number of imidazole rings is 1. The lowest BCUT2D eigenvalue weighted by Gasteiger charge is -2.30. The van der Waals surface area contributed by atoms with Gasteiger partial charge in [0.1, 0.15) is 35.0 Å². The van der Waals surface area contributed by atoms with Crippen molar-refractivity contribution in [3.8, 4) is 11.8 Å². The predicted octanol–water partition coefficient (Wildman–Crippen LogP) is 4.85. The van der Waals surface area contributed by atoms with Gasteiger partial charge in [-0.1, -0.05) is 49.3 Å². The minimum absolute atomic E-state index is 0.0224. The minimum Gasteiger partial charge on any atom is -0.494 e. The Balaban J connectivity index is 1.22. The molecule has 3 fully saturated rings. The van der Waals surface area contributed by atoms with Crippen molar-refractivity contribution in [1.29, 1.82) is 0 Å². The molecule has 2 aromatic carbocycles. The van der Waals surface area contributed by atoms with Crippen molar-refractivity contribution in [2.45, 2.75) is 113 Å². The summed E-state index contributed by atoms with van der Waals surface area (Å²) in [6.07, 6.45) is 8.54.